The Bertz CT molecular complexity index is 1110. The number of rotatable bonds is 5. The zero-order chi connectivity index (χ0) is 20.4. The summed E-state index contributed by atoms with van der Waals surface area (Å²) < 4.78 is 41.0. The Hall–Kier alpha value is -2.55. The molecule has 0 saturated heterocycles. The van der Waals surface area contributed by atoms with E-state index in [-0.39, 0.29) is 29.0 Å². The van der Waals surface area contributed by atoms with E-state index in [1.165, 1.54) is 16.4 Å². The van der Waals surface area contributed by atoms with Crippen molar-refractivity contribution >= 4 is 27.3 Å². The number of hydrogen-bond acceptors (Lipinski definition) is 4. The number of carbonyl (C=O) groups is 1. The molecule has 0 bridgehead atoms. The molecule has 1 unspecified atom stereocenters. The van der Waals surface area contributed by atoms with Gasteiger partial charge in [0, 0.05) is 13.1 Å². The number of benzene rings is 2. The Labute approximate surface area is 172 Å². The van der Waals surface area contributed by atoms with Gasteiger partial charge in [-0.25, -0.2) is 12.8 Å². The van der Waals surface area contributed by atoms with Crippen LogP contribution in [-0.2, 0) is 34.3 Å². The third-order valence-electron chi connectivity index (χ3n) is 4.95. The van der Waals surface area contributed by atoms with Crippen LogP contribution >= 0.6 is 11.3 Å². The summed E-state index contributed by atoms with van der Waals surface area (Å²) >= 11 is 1.13. The number of hydrogen-bond donors (Lipinski definition) is 1. The number of carbonyl (C=O) groups excluding carboxylic acids is 1. The minimum Gasteiger partial charge on any atom is -0.351 e. The largest absolute Gasteiger partial charge is 0.351 e. The highest BCUT2D eigenvalue weighted by molar-refractivity contribution is 7.91. The molecule has 150 valence electrons. The van der Waals surface area contributed by atoms with Gasteiger partial charge in [-0.05, 0) is 46.7 Å². The van der Waals surface area contributed by atoms with Crippen molar-refractivity contribution < 1.29 is 17.6 Å². The van der Waals surface area contributed by atoms with Gasteiger partial charge in [0.05, 0.1) is 0 Å². The second kappa shape index (κ2) is 8.06. The first kappa shape index (κ1) is 19.8. The maximum Gasteiger partial charge on any atom is 0.253 e. The second-order valence-electron chi connectivity index (χ2n) is 6.82. The smallest absolute Gasteiger partial charge is 0.253 e. The lowest BCUT2D eigenvalue weighted by molar-refractivity contribution is -0.125. The molecule has 5 nitrogen and oxygen atoms in total. The molecule has 4 rings (SSSR count). The van der Waals surface area contributed by atoms with Crippen LogP contribution in [0.2, 0.25) is 0 Å². The Balaban J connectivity index is 1.61. The van der Waals surface area contributed by atoms with Crippen LogP contribution in [0.5, 0.6) is 0 Å². The number of halogens is 1. The highest BCUT2D eigenvalue weighted by atomic mass is 32.2. The predicted molar refractivity (Wildman–Crippen MR) is 109 cm³/mol. The fourth-order valence-corrected chi connectivity index (χ4v) is 6.09. The first-order valence-corrected chi connectivity index (χ1v) is 11.4. The van der Waals surface area contributed by atoms with Gasteiger partial charge in [0.25, 0.3) is 10.0 Å². The number of thiophene rings is 1. The van der Waals surface area contributed by atoms with Crippen LogP contribution in [0.25, 0.3) is 0 Å². The average molecular weight is 431 g/mol. The fourth-order valence-electron chi connectivity index (χ4n) is 3.41. The van der Waals surface area contributed by atoms with Crippen molar-refractivity contribution in [3.8, 4) is 0 Å². The number of fused-ring (bicyclic) bond motifs is 1. The zero-order valence-electron chi connectivity index (χ0n) is 15.4. The third-order valence-corrected chi connectivity index (χ3v) is 8.17. The molecule has 1 atom stereocenters. The molecular weight excluding hydrogens is 411 g/mol. The summed E-state index contributed by atoms with van der Waals surface area (Å²) in [6, 6.07) is 15.8. The molecule has 0 radical (unpaired) electrons. The lowest BCUT2D eigenvalue weighted by atomic mass is 9.95. The SMILES string of the molecule is O=C(NCc1ccc(F)cc1)C1Cc2ccccc2CN1S(=O)(=O)c1cccs1. The molecule has 2 aromatic carbocycles. The molecule has 0 aliphatic carbocycles. The molecule has 0 spiro atoms. The highest BCUT2D eigenvalue weighted by Gasteiger charge is 2.39. The van der Waals surface area contributed by atoms with Crippen molar-refractivity contribution in [1.29, 1.82) is 0 Å². The number of nitrogens with one attached hydrogen (secondary N) is 1. The van der Waals surface area contributed by atoms with Gasteiger partial charge in [-0.2, -0.15) is 4.31 Å². The topological polar surface area (TPSA) is 66.5 Å². The first-order valence-electron chi connectivity index (χ1n) is 9.09. The third kappa shape index (κ3) is 4.10. The van der Waals surface area contributed by atoms with Crippen LogP contribution in [-0.4, -0.2) is 24.7 Å². The van der Waals surface area contributed by atoms with Gasteiger partial charge in [-0.1, -0.05) is 42.5 Å². The van der Waals surface area contributed by atoms with Crippen molar-refractivity contribution in [2.45, 2.75) is 29.8 Å². The van der Waals surface area contributed by atoms with E-state index in [1.807, 2.05) is 24.3 Å². The van der Waals surface area contributed by atoms with E-state index in [9.17, 15) is 17.6 Å². The summed E-state index contributed by atoms with van der Waals surface area (Å²) in [7, 11) is -3.80. The van der Waals surface area contributed by atoms with Crippen LogP contribution in [0.3, 0.4) is 0 Å². The van der Waals surface area contributed by atoms with Crippen LogP contribution in [0.4, 0.5) is 4.39 Å². The van der Waals surface area contributed by atoms with Gasteiger partial charge in [0.1, 0.15) is 16.1 Å². The van der Waals surface area contributed by atoms with E-state index in [0.717, 1.165) is 28.0 Å². The molecule has 0 fully saturated rings. The van der Waals surface area contributed by atoms with Crippen LogP contribution < -0.4 is 5.32 Å². The normalized spacial score (nSPS) is 16.9. The Morgan fingerprint density at radius 2 is 1.79 bits per heavy atom. The summed E-state index contributed by atoms with van der Waals surface area (Å²) in [5.41, 5.74) is 2.60. The molecule has 1 amide bonds. The molecule has 1 aliphatic heterocycles. The Morgan fingerprint density at radius 1 is 1.07 bits per heavy atom. The zero-order valence-corrected chi connectivity index (χ0v) is 17.0. The molecular formula is C21H19FN2O3S2. The van der Waals surface area contributed by atoms with E-state index in [0.29, 0.717) is 6.42 Å². The second-order valence-corrected chi connectivity index (χ2v) is 9.88. The minimum absolute atomic E-state index is 0.144. The van der Waals surface area contributed by atoms with Crippen molar-refractivity contribution in [1.82, 2.24) is 9.62 Å². The van der Waals surface area contributed by atoms with Gasteiger partial charge in [0.2, 0.25) is 5.91 Å². The van der Waals surface area contributed by atoms with Gasteiger partial charge in [0.15, 0.2) is 0 Å². The fraction of sp³-hybridized carbons (Fsp3) is 0.190. The van der Waals surface area contributed by atoms with Crippen LogP contribution in [0.15, 0.2) is 70.3 Å². The molecule has 1 N–H and O–H groups in total. The first-order chi connectivity index (χ1) is 13.9. The number of sulfonamides is 1. The monoisotopic (exact) mass is 430 g/mol. The van der Waals surface area contributed by atoms with E-state index >= 15 is 0 Å². The molecule has 29 heavy (non-hydrogen) atoms. The standard InChI is InChI=1S/C21H19FN2O3S2/c22-18-9-7-15(8-10-18)13-23-21(25)19-12-16-4-1-2-5-17(16)14-24(19)29(26,27)20-6-3-11-28-20/h1-11,19H,12-14H2,(H,23,25). The van der Waals surface area contributed by atoms with E-state index in [2.05, 4.69) is 5.32 Å². The summed E-state index contributed by atoms with van der Waals surface area (Å²) in [6.07, 6.45) is 0.302. The van der Waals surface area contributed by atoms with Crippen molar-refractivity contribution in [2.75, 3.05) is 0 Å². The molecule has 1 aromatic heterocycles. The number of amides is 1. The lowest BCUT2D eigenvalue weighted by Crippen LogP contribution is -2.52. The summed E-state index contributed by atoms with van der Waals surface area (Å²) in [4.78, 5) is 13.0. The summed E-state index contributed by atoms with van der Waals surface area (Å²) in [5.74, 6) is -0.721. The van der Waals surface area contributed by atoms with Crippen molar-refractivity contribution in [3.63, 3.8) is 0 Å². The van der Waals surface area contributed by atoms with Gasteiger partial charge < -0.3 is 5.32 Å². The van der Waals surface area contributed by atoms with E-state index in [1.54, 1.807) is 29.6 Å². The maximum absolute atomic E-state index is 13.2. The highest BCUT2D eigenvalue weighted by Crippen LogP contribution is 2.30. The molecule has 8 heteroatoms. The summed E-state index contributed by atoms with van der Waals surface area (Å²) in [5, 5.41) is 4.50. The number of nitrogens with zero attached hydrogens (tertiary/aromatic N) is 1. The Kier molecular flexibility index (Phi) is 5.49. The average Bonchev–Trinajstić information content (AvgIpc) is 3.28. The molecule has 3 aromatic rings. The van der Waals surface area contributed by atoms with Crippen molar-refractivity contribution in [2.24, 2.45) is 0 Å². The molecule has 1 aliphatic rings. The van der Waals surface area contributed by atoms with Crippen LogP contribution in [0.1, 0.15) is 16.7 Å². The maximum atomic E-state index is 13.2. The van der Waals surface area contributed by atoms with E-state index in [4.69, 9.17) is 0 Å². The minimum atomic E-state index is -3.80. The molecule has 0 saturated carbocycles. The Morgan fingerprint density at radius 3 is 2.48 bits per heavy atom. The van der Waals surface area contributed by atoms with Gasteiger partial charge >= 0.3 is 0 Å². The lowest BCUT2D eigenvalue weighted by Gasteiger charge is -2.34. The molecule has 2 heterocycles. The quantitative estimate of drug-likeness (QED) is 0.675. The van der Waals surface area contributed by atoms with Gasteiger partial charge in [-0.15, -0.1) is 11.3 Å². The van der Waals surface area contributed by atoms with Crippen molar-refractivity contribution in [3.05, 3.63) is 88.6 Å². The van der Waals surface area contributed by atoms with Crippen LogP contribution in [0, 0.1) is 5.82 Å². The van der Waals surface area contributed by atoms with E-state index < -0.39 is 16.1 Å². The predicted octanol–water partition coefficient (Wildman–Crippen LogP) is 3.32. The summed E-state index contributed by atoms with van der Waals surface area (Å²) in [6.45, 7) is 0.342. The van der Waals surface area contributed by atoms with Gasteiger partial charge in [-0.3, -0.25) is 4.79 Å².